The summed E-state index contributed by atoms with van der Waals surface area (Å²) >= 11 is 0. The summed E-state index contributed by atoms with van der Waals surface area (Å²) in [5, 5.41) is 24.9. The van der Waals surface area contributed by atoms with Gasteiger partial charge >= 0.3 is 5.97 Å². The number of amides is 3. The Morgan fingerprint density at radius 3 is 2.10 bits per heavy atom. The standard InChI is InChI=1S/C17H33N7O6/c1-9(2)6-12(15(29)22-7-13(26)27)24-16(30)11(4-3-5-21-17(19)20)23-14(28)10(18)8-25/h9-12,25H,3-8,18H2,1-2H3,(H,22,29)(H,23,28)(H,24,30)(H,26,27)(H4,19,20,21). The smallest absolute Gasteiger partial charge is 0.322 e. The van der Waals surface area contributed by atoms with Gasteiger partial charge in [-0.3, -0.25) is 24.2 Å². The van der Waals surface area contributed by atoms with Gasteiger partial charge in [0.1, 0.15) is 24.7 Å². The first-order valence-electron chi connectivity index (χ1n) is 9.50. The zero-order valence-electron chi connectivity index (χ0n) is 17.3. The third kappa shape index (κ3) is 11.8. The topological polar surface area (TPSA) is 235 Å². The van der Waals surface area contributed by atoms with Crippen LogP contribution in [0.3, 0.4) is 0 Å². The van der Waals surface area contributed by atoms with Crippen LogP contribution in [0.2, 0.25) is 0 Å². The van der Waals surface area contributed by atoms with E-state index in [4.69, 9.17) is 27.4 Å². The average Bonchev–Trinajstić information content (AvgIpc) is 2.66. The van der Waals surface area contributed by atoms with E-state index in [9.17, 15) is 19.2 Å². The molecular formula is C17H33N7O6. The van der Waals surface area contributed by atoms with Gasteiger partial charge in [0.25, 0.3) is 0 Å². The van der Waals surface area contributed by atoms with Crippen LogP contribution in [0, 0.1) is 5.92 Å². The van der Waals surface area contributed by atoms with Crippen molar-refractivity contribution >= 4 is 29.7 Å². The number of nitrogens with two attached hydrogens (primary N) is 3. The van der Waals surface area contributed by atoms with Gasteiger partial charge in [0.15, 0.2) is 5.96 Å². The van der Waals surface area contributed by atoms with E-state index in [2.05, 4.69) is 20.9 Å². The molecule has 30 heavy (non-hydrogen) atoms. The largest absolute Gasteiger partial charge is 0.480 e. The van der Waals surface area contributed by atoms with E-state index in [1.807, 2.05) is 13.8 Å². The summed E-state index contributed by atoms with van der Waals surface area (Å²) in [5.41, 5.74) is 16.0. The maximum absolute atomic E-state index is 12.7. The van der Waals surface area contributed by atoms with Gasteiger partial charge in [-0.1, -0.05) is 13.8 Å². The van der Waals surface area contributed by atoms with E-state index in [0.717, 1.165) is 0 Å². The van der Waals surface area contributed by atoms with Gasteiger partial charge in [0.05, 0.1) is 6.61 Å². The Bertz CT molecular complexity index is 622. The summed E-state index contributed by atoms with van der Waals surface area (Å²) < 4.78 is 0. The van der Waals surface area contributed by atoms with Crippen LogP contribution in [0.15, 0.2) is 4.99 Å². The number of guanidine groups is 1. The molecule has 3 unspecified atom stereocenters. The van der Waals surface area contributed by atoms with E-state index in [-0.39, 0.29) is 31.3 Å². The first-order chi connectivity index (χ1) is 14.0. The van der Waals surface area contributed by atoms with Gasteiger partial charge in [-0.05, 0) is 25.2 Å². The second-order valence-corrected chi connectivity index (χ2v) is 7.10. The molecule has 13 nitrogen and oxygen atoms in total. The highest BCUT2D eigenvalue weighted by Gasteiger charge is 2.28. The molecule has 0 aliphatic heterocycles. The van der Waals surface area contributed by atoms with Crippen LogP contribution in [0.4, 0.5) is 0 Å². The van der Waals surface area contributed by atoms with Crippen molar-refractivity contribution in [2.75, 3.05) is 19.7 Å². The lowest BCUT2D eigenvalue weighted by molar-refractivity contribution is -0.138. The fraction of sp³-hybridized carbons (Fsp3) is 0.706. The van der Waals surface area contributed by atoms with Crippen molar-refractivity contribution < 1.29 is 29.4 Å². The molecule has 11 N–H and O–H groups in total. The fourth-order valence-corrected chi connectivity index (χ4v) is 2.40. The molecule has 0 spiro atoms. The van der Waals surface area contributed by atoms with Crippen LogP contribution in [0.1, 0.15) is 33.1 Å². The van der Waals surface area contributed by atoms with Gasteiger partial charge in [0, 0.05) is 6.54 Å². The molecule has 0 aliphatic carbocycles. The highest BCUT2D eigenvalue weighted by atomic mass is 16.4. The number of aliphatic hydroxyl groups is 1. The SMILES string of the molecule is CC(C)CC(NC(=O)C(CCCN=C(N)N)NC(=O)C(N)CO)C(=O)NCC(=O)O. The predicted molar refractivity (Wildman–Crippen MR) is 109 cm³/mol. The summed E-state index contributed by atoms with van der Waals surface area (Å²) in [4.78, 5) is 51.5. The summed E-state index contributed by atoms with van der Waals surface area (Å²) in [7, 11) is 0. The Labute approximate surface area is 174 Å². The molecule has 172 valence electrons. The number of carbonyl (C=O) groups is 4. The number of aliphatic carboxylic acids is 1. The molecule has 0 radical (unpaired) electrons. The van der Waals surface area contributed by atoms with Gasteiger partial charge in [-0.25, -0.2) is 0 Å². The van der Waals surface area contributed by atoms with Crippen LogP contribution in [-0.4, -0.2) is 77.7 Å². The Hall–Kier alpha value is -2.93. The van der Waals surface area contributed by atoms with Gasteiger partial charge in [0.2, 0.25) is 17.7 Å². The van der Waals surface area contributed by atoms with Crippen molar-refractivity contribution in [2.45, 2.75) is 51.2 Å². The van der Waals surface area contributed by atoms with Crippen LogP contribution < -0.4 is 33.2 Å². The predicted octanol–water partition coefficient (Wildman–Crippen LogP) is -3.42. The summed E-state index contributed by atoms with van der Waals surface area (Å²) in [5.74, 6) is -3.37. The minimum absolute atomic E-state index is 0.0172. The van der Waals surface area contributed by atoms with Crippen LogP contribution in [0.5, 0.6) is 0 Å². The molecule has 0 aromatic heterocycles. The number of aliphatic imine (C=N–C) groups is 1. The first kappa shape index (κ1) is 27.1. The minimum atomic E-state index is -1.22. The average molecular weight is 431 g/mol. The maximum Gasteiger partial charge on any atom is 0.322 e. The first-order valence-corrected chi connectivity index (χ1v) is 9.50. The normalized spacial score (nSPS) is 13.6. The lowest BCUT2D eigenvalue weighted by atomic mass is 10.0. The molecule has 3 amide bonds. The number of carboxylic acids is 1. The zero-order chi connectivity index (χ0) is 23.3. The maximum atomic E-state index is 12.7. The Balaban J connectivity index is 5.26. The quantitative estimate of drug-likeness (QED) is 0.0775. The monoisotopic (exact) mass is 431 g/mol. The third-order valence-electron chi connectivity index (χ3n) is 3.87. The molecule has 0 aromatic carbocycles. The number of aliphatic hydroxyl groups excluding tert-OH is 1. The van der Waals surface area contributed by atoms with Crippen molar-refractivity contribution in [3.8, 4) is 0 Å². The molecule has 0 saturated heterocycles. The number of carbonyl (C=O) groups excluding carboxylic acids is 3. The van der Waals surface area contributed by atoms with Crippen LogP contribution >= 0.6 is 0 Å². The lowest BCUT2D eigenvalue weighted by Crippen LogP contribution is -2.56. The molecule has 0 heterocycles. The van der Waals surface area contributed by atoms with Crippen molar-refractivity contribution in [3.63, 3.8) is 0 Å². The van der Waals surface area contributed by atoms with Crippen molar-refractivity contribution in [2.24, 2.45) is 28.1 Å². The molecular weight excluding hydrogens is 398 g/mol. The molecule has 0 rings (SSSR count). The number of nitrogens with zero attached hydrogens (tertiary/aromatic N) is 1. The molecule has 0 aromatic rings. The van der Waals surface area contributed by atoms with Gasteiger partial charge < -0.3 is 43.4 Å². The molecule has 0 saturated carbocycles. The van der Waals surface area contributed by atoms with E-state index in [1.54, 1.807) is 0 Å². The van der Waals surface area contributed by atoms with Crippen LogP contribution in [-0.2, 0) is 19.2 Å². The van der Waals surface area contributed by atoms with E-state index in [0.29, 0.717) is 6.42 Å². The van der Waals surface area contributed by atoms with Crippen molar-refractivity contribution in [3.05, 3.63) is 0 Å². The number of nitrogens with one attached hydrogen (secondary N) is 3. The summed E-state index contributed by atoms with van der Waals surface area (Å²) in [6.45, 7) is 2.68. The van der Waals surface area contributed by atoms with Crippen LogP contribution in [0.25, 0.3) is 0 Å². The van der Waals surface area contributed by atoms with E-state index >= 15 is 0 Å². The lowest BCUT2D eigenvalue weighted by Gasteiger charge is -2.24. The highest BCUT2D eigenvalue weighted by Crippen LogP contribution is 2.07. The van der Waals surface area contributed by atoms with Crippen molar-refractivity contribution in [1.82, 2.24) is 16.0 Å². The molecule has 13 heteroatoms. The second-order valence-electron chi connectivity index (χ2n) is 7.10. The van der Waals surface area contributed by atoms with E-state index in [1.165, 1.54) is 0 Å². The summed E-state index contributed by atoms with van der Waals surface area (Å²) in [6.07, 6.45) is 0.727. The Morgan fingerprint density at radius 2 is 1.60 bits per heavy atom. The molecule has 0 aliphatic rings. The zero-order valence-corrected chi connectivity index (χ0v) is 17.3. The summed E-state index contributed by atoms with van der Waals surface area (Å²) in [6, 6.07) is -3.28. The minimum Gasteiger partial charge on any atom is -0.480 e. The molecule has 3 atom stereocenters. The molecule has 0 fully saturated rings. The third-order valence-corrected chi connectivity index (χ3v) is 3.87. The fourth-order valence-electron chi connectivity index (χ4n) is 2.40. The Kier molecular flexibility index (Phi) is 12.7. The Morgan fingerprint density at radius 1 is 1.00 bits per heavy atom. The number of carboxylic acid groups (broad SMARTS) is 1. The molecule has 0 bridgehead atoms. The van der Waals surface area contributed by atoms with Gasteiger partial charge in [-0.15, -0.1) is 0 Å². The highest BCUT2D eigenvalue weighted by molar-refractivity contribution is 5.93. The number of rotatable bonds is 14. The number of hydrogen-bond donors (Lipinski definition) is 8. The van der Waals surface area contributed by atoms with E-state index < -0.39 is 55.0 Å². The number of hydrogen-bond acceptors (Lipinski definition) is 7. The second kappa shape index (κ2) is 14.1. The van der Waals surface area contributed by atoms with Crippen molar-refractivity contribution in [1.29, 1.82) is 0 Å². The van der Waals surface area contributed by atoms with Gasteiger partial charge in [-0.2, -0.15) is 0 Å².